The van der Waals surface area contributed by atoms with Gasteiger partial charge in [-0.2, -0.15) is 0 Å². The molecule has 12 heavy (non-hydrogen) atoms. The van der Waals surface area contributed by atoms with Crippen LogP contribution in [0.2, 0.25) is 0 Å². The summed E-state index contributed by atoms with van der Waals surface area (Å²) < 4.78 is 8.84. The van der Waals surface area contributed by atoms with Crippen LogP contribution in [0.3, 0.4) is 0 Å². The molecule has 0 aliphatic carbocycles. The molecule has 0 aliphatic heterocycles. The van der Waals surface area contributed by atoms with Crippen molar-refractivity contribution in [2.45, 2.75) is 0 Å². The third-order valence-corrected chi connectivity index (χ3v) is 1.18. The Balaban J connectivity index is 2.91. The molecule has 0 radical (unpaired) electrons. The van der Waals surface area contributed by atoms with Crippen LogP contribution in [0.15, 0.2) is 16.7 Å². The fourth-order valence-electron chi connectivity index (χ4n) is 0.630. The van der Waals surface area contributed by atoms with Crippen LogP contribution < -0.4 is 0 Å². The van der Waals surface area contributed by atoms with E-state index in [9.17, 15) is 14.9 Å². The van der Waals surface area contributed by atoms with Gasteiger partial charge in [-0.05, 0) is 0 Å². The number of ether oxygens (including phenoxy) is 1. The molecular weight excluding hydrogens is 166 g/mol. The van der Waals surface area contributed by atoms with Crippen molar-refractivity contribution in [1.82, 2.24) is 0 Å². The summed E-state index contributed by atoms with van der Waals surface area (Å²) in [5, 5.41) is 10.1. The van der Waals surface area contributed by atoms with Gasteiger partial charge in [0.2, 0.25) is 5.76 Å². The average molecular weight is 171 g/mol. The molecule has 0 saturated heterocycles. The number of hydrogen-bond acceptors (Lipinski definition) is 5. The van der Waals surface area contributed by atoms with Crippen LogP contribution >= 0.6 is 0 Å². The molecule has 64 valence electrons. The molecule has 0 aliphatic rings. The minimum Gasteiger partial charge on any atom is -0.463 e. The minimum absolute atomic E-state index is 0.177. The summed E-state index contributed by atoms with van der Waals surface area (Å²) in [6.07, 6.45) is 0.881. The van der Waals surface area contributed by atoms with Gasteiger partial charge in [-0.1, -0.05) is 0 Å². The van der Waals surface area contributed by atoms with Crippen LogP contribution in [0.25, 0.3) is 0 Å². The number of rotatable bonds is 2. The smallest absolute Gasteiger partial charge is 0.374 e. The first-order valence-corrected chi connectivity index (χ1v) is 2.96. The summed E-state index contributed by atoms with van der Waals surface area (Å²) in [5.41, 5.74) is -0.268. The summed E-state index contributed by atoms with van der Waals surface area (Å²) in [7, 11) is 1.16. The van der Waals surface area contributed by atoms with E-state index < -0.39 is 10.9 Å². The molecule has 6 heteroatoms. The second kappa shape index (κ2) is 3.04. The van der Waals surface area contributed by atoms with E-state index in [1.165, 1.54) is 0 Å². The van der Waals surface area contributed by atoms with E-state index in [2.05, 4.69) is 9.15 Å². The Labute approximate surface area is 66.9 Å². The number of esters is 1. The fourth-order valence-corrected chi connectivity index (χ4v) is 0.630. The van der Waals surface area contributed by atoms with E-state index in [-0.39, 0.29) is 11.4 Å². The third kappa shape index (κ3) is 1.42. The Morgan fingerprint density at radius 3 is 2.83 bits per heavy atom. The van der Waals surface area contributed by atoms with Crippen LogP contribution in [0.4, 0.5) is 5.69 Å². The van der Waals surface area contributed by atoms with Crippen molar-refractivity contribution in [3.05, 3.63) is 28.2 Å². The van der Waals surface area contributed by atoms with Crippen molar-refractivity contribution in [2.24, 2.45) is 0 Å². The molecule has 0 bridgehead atoms. The average Bonchev–Trinajstić information content (AvgIpc) is 2.51. The Hall–Kier alpha value is -1.85. The zero-order valence-corrected chi connectivity index (χ0v) is 6.14. The second-order valence-electron chi connectivity index (χ2n) is 1.92. The van der Waals surface area contributed by atoms with Gasteiger partial charge in [0.1, 0.15) is 0 Å². The molecule has 1 aromatic rings. The largest absolute Gasteiger partial charge is 0.463 e. The van der Waals surface area contributed by atoms with Gasteiger partial charge < -0.3 is 9.15 Å². The summed E-state index contributed by atoms with van der Waals surface area (Å²) in [4.78, 5) is 20.2. The van der Waals surface area contributed by atoms with E-state index in [1.54, 1.807) is 0 Å². The predicted octanol–water partition coefficient (Wildman–Crippen LogP) is 0.974. The Bertz CT molecular complexity index is 315. The first kappa shape index (κ1) is 8.25. The van der Waals surface area contributed by atoms with Crippen LogP contribution in [0.5, 0.6) is 0 Å². The number of hydrogen-bond donors (Lipinski definition) is 0. The highest BCUT2D eigenvalue weighted by Gasteiger charge is 2.16. The SMILES string of the molecule is COC(=O)c1cc([N+](=O)[O-])co1. The minimum atomic E-state index is -0.733. The van der Waals surface area contributed by atoms with Crippen molar-refractivity contribution in [1.29, 1.82) is 0 Å². The highest BCUT2D eigenvalue weighted by atomic mass is 16.6. The molecule has 0 unspecified atom stereocenters. The highest BCUT2D eigenvalue weighted by molar-refractivity contribution is 5.86. The summed E-state index contributed by atoms with van der Waals surface area (Å²) in [6, 6.07) is 1.01. The van der Waals surface area contributed by atoms with Crippen LogP contribution in [-0.2, 0) is 4.74 Å². The lowest BCUT2D eigenvalue weighted by molar-refractivity contribution is -0.385. The normalized spacial score (nSPS) is 9.42. The second-order valence-corrected chi connectivity index (χ2v) is 1.92. The van der Waals surface area contributed by atoms with E-state index in [0.717, 1.165) is 19.4 Å². The first-order chi connectivity index (χ1) is 5.65. The molecule has 0 atom stereocenters. The molecule has 1 heterocycles. The maximum atomic E-state index is 10.7. The molecule has 0 spiro atoms. The van der Waals surface area contributed by atoms with Gasteiger partial charge in [0, 0.05) is 0 Å². The molecule has 0 N–H and O–H groups in total. The molecule has 0 aromatic carbocycles. The molecule has 0 fully saturated rings. The van der Waals surface area contributed by atoms with Gasteiger partial charge in [0.25, 0.3) is 0 Å². The lowest BCUT2D eigenvalue weighted by Gasteiger charge is -1.89. The highest BCUT2D eigenvalue weighted by Crippen LogP contribution is 2.15. The molecule has 0 saturated carbocycles. The van der Waals surface area contributed by atoms with Gasteiger partial charge in [-0.15, -0.1) is 0 Å². The van der Waals surface area contributed by atoms with E-state index >= 15 is 0 Å². The number of carbonyl (C=O) groups is 1. The predicted molar refractivity (Wildman–Crippen MR) is 36.7 cm³/mol. The van der Waals surface area contributed by atoms with E-state index in [1.807, 2.05) is 0 Å². The van der Waals surface area contributed by atoms with Crippen LogP contribution in [0, 0.1) is 10.1 Å². The zero-order chi connectivity index (χ0) is 9.14. The summed E-state index contributed by atoms with van der Waals surface area (Å²) in [5.74, 6) is -0.910. The van der Waals surface area contributed by atoms with Crippen molar-refractivity contribution in [3.8, 4) is 0 Å². The summed E-state index contributed by atoms with van der Waals surface area (Å²) in [6.45, 7) is 0. The first-order valence-electron chi connectivity index (χ1n) is 2.96. The monoisotopic (exact) mass is 171 g/mol. The van der Waals surface area contributed by atoms with Crippen LogP contribution in [-0.4, -0.2) is 18.0 Å². The Morgan fingerprint density at radius 1 is 1.75 bits per heavy atom. The van der Waals surface area contributed by atoms with Crippen molar-refractivity contribution in [3.63, 3.8) is 0 Å². The molecule has 1 rings (SSSR count). The lowest BCUT2D eigenvalue weighted by Crippen LogP contribution is -1.98. The number of nitrogens with zero attached hydrogens (tertiary/aromatic N) is 1. The van der Waals surface area contributed by atoms with Crippen molar-refractivity contribution < 1.29 is 18.9 Å². The molecular formula is C6H5NO5. The van der Waals surface area contributed by atoms with Gasteiger partial charge in [0.05, 0.1) is 18.1 Å². The quantitative estimate of drug-likeness (QED) is 0.376. The van der Waals surface area contributed by atoms with Gasteiger partial charge >= 0.3 is 11.7 Å². The standard InChI is InChI=1S/C6H5NO5/c1-11-6(8)5-2-4(3-12-5)7(9)10/h2-3H,1H3. The third-order valence-electron chi connectivity index (χ3n) is 1.18. The maximum Gasteiger partial charge on any atom is 0.374 e. The number of methoxy groups -OCH3 is 1. The van der Waals surface area contributed by atoms with Crippen molar-refractivity contribution >= 4 is 11.7 Å². The van der Waals surface area contributed by atoms with E-state index in [4.69, 9.17) is 0 Å². The lowest BCUT2D eigenvalue weighted by atomic mass is 10.4. The van der Waals surface area contributed by atoms with Gasteiger partial charge in [-0.3, -0.25) is 10.1 Å². The number of nitro groups is 1. The van der Waals surface area contributed by atoms with E-state index in [0.29, 0.717) is 0 Å². The van der Waals surface area contributed by atoms with Crippen molar-refractivity contribution in [2.75, 3.05) is 7.11 Å². The van der Waals surface area contributed by atoms with Gasteiger partial charge in [0.15, 0.2) is 6.26 Å². The molecule has 1 aromatic heterocycles. The fraction of sp³-hybridized carbons (Fsp3) is 0.167. The number of carbonyl (C=O) groups excluding carboxylic acids is 1. The van der Waals surface area contributed by atoms with Crippen LogP contribution in [0.1, 0.15) is 10.6 Å². The Kier molecular flexibility index (Phi) is 2.09. The van der Waals surface area contributed by atoms with Gasteiger partial charge in [-0.25, -0.2) is 4.79 Å². The Morgan fingerprint density at radius 2 is 2.42 bits per heavy atom. The maximum absolute atomic E-state index is 10.7. The summed E-state index contributed by atoms with van der Waals surface area (Å²) >= 11 is 0. The molecule has 0 amide bonds. The number of furan rings is 1. The zero-order valence-electron chi connectivity index (χ0n) is 6.14. The topological polar surface area (TPSA) is 82.6 Å². The molecule has 6 nitrogen and oxygen atoms in total.